The van der Waals surface area contributed by atoms with Crippen molar-refractivity contribution in [1.82, 2.24) is 10.2 Å². The van der Waals surface area contributed by atoms with Gasteiger partial charge in [0.15, 0.2) is 0 Å². The SMILES string of the molecule is CNC(=O)C(Cc1ccccc1)N(Cc1ccccc1C)C(=O)CN(c1ccc(C)c(C)c1)S(=O)(=O)c1ccccc1. The number of nitrogens with zero attached hydrogens (tertiary/aromatic N) is 2. The summed E-state index contributed by atoms with van der Waals surface area (Å²) in [5.41, 5.74) is 5.01. The molecule has 0 saturated carbocycles. The number of benzene rings is 4. The summed E-state index contributed by atoms with van der Waals surface area (Å²) in [4.78, 5) is 29.3. The number of anilines is 1. The molecule has 4 rings (SSSR count). The molecule has 0 aliphatic carbocycles. The fourth-order valence-corrected chi connectivity index (χ4v) is 6.25. The molecule has 1 unspecified atom stereocenters. The molecule has 0 radical (unpaired) electrons. The molecule has 0 aliphatic heterocycles. The number of amides is 2. The Kier molecular flexibility index (Phi) is 9.80. The molecule has 0 fully saturated rings. The van der Waals surface area contributed by atoms with E-state index in [2.05, 4.69) is 5.32 Å². The molecule has 2 amide bonds. The van der Waals surface area contributed by atoms with Gasteiger partial charge in [-0.3, -0.25) is 13.9 Å². The van der Waals surface area contributed by atoms with Crippen LogP contribution in [0.5, 0.6) is 0 Å². The normalized spacial score (nSPS) is 11.9. The highest BCUT2D eigenvalue weighted by molar-refractivity contribution is 7.92. The number of likely N-dealkylation sites (N-methyl/N-ethyl adjacent to an activating group) is 1. The van der Waals surface area contributed by atoms with Crippen LogP contribution in [0.3, 0.4) is 0 Å². The third-order valence-electron chi connectivity index (χ3n) is 7.51. The highest BCUT2D eigenvalue weighted by atomic mass is 32.2. The first-order valence-corrected chi connectivity index (χ1v) is 15.3. The van der Waals surface area contributed by atoms with E-state index in [0.29, 0.717) is 5.69 Å². The van der Waals surface area contributed by atoms with Crippen LogP contribution in [0, 0.1) is 20.8 Å². The van der Waals surface area contributed by atoms with Crippen molar-refractivity contribution in [2.45, 2.75) is 44.7 Å². The zero-order chi connectivity index (χ0) is 30.3. The Morgan fingerprint density at radius 1 is 0.762 bits per heavy atom. The Hall–Kier alpha value is -4.43. The maximum absolute atomic E-state index is 14.4. The van der Waals surface area contributed by atoms with E-state index in [1.165, 1.54) is 24.1 Å². The molecule has 42 heavy (non-hydrogen) atoms. The van der Waals surface area contributed by atoms with Gasteiger partial charge < -0.3 is 10.2 Å². The van der Waals surface area contributed by atoms with E-state index in [1.54, 1.807) is 30.3 Å². The van der Waals surface area contributed by atoms with Crippen LogP contribution in [0.1, 0.15) is 27.8 Å². The molecule has 4 aromatic rings. The average molecular weight is 584 g/mol. The molecule has 0 heterocycles. The topological polar surface area (TPSA) is 86.8 Å². The van der Waals surface area contributed by atoms with Crippen LogP contribution >= 0.6 is 0 Å². The van der Waals surface area contributed by atoms with E-state index in [-0.39, 0.29) is 23.8 Å². The van der Waals surface area contributed by atoms with Crippen molar-refractivity contribution >= 4 is 27.5 Å². The maximum Gasteiger partial charge on any atom is 0.264 e. The summed E-state index contributed by atoms with van der Waals surface area (Å²) in [6.45, 7) is 5.46. The van der Waals surface area contributed by atoms with E-state index in [0.717, 1.165) is 32.1 Å². The minimum atomic E-state index is -4.12. The van der Waals surface area contributed by atoms with Gasteiger partial charge in [0.05, 0.1) is 10.6 Å². The molecule has 1 atom stereocenters. The van der Waals surface area contributed by atoms with Crippen LogP contribution in [0.15, 0.2) is 108 Å². The number of nitrogens with one attached hydrogen (secondary N) is 1. The minimum absolute atomic E-state index is 0.0774. The Balaban J connectivity index is 1.81. The van der Waals surface area contributed by atoms with Gasteiger partial charge in [-0.15, -0.1) is 0 Å². The molecular formula is C34H37N3O4S. The molecule has 0 saturated heterocycles. The predicted molar refractivity (Wildman–Crippen MR) is 167 cm³/mol. The highest BCUT2D eigenvalue weighted by Gasteiger charge is 2.34. The summed E-state index contributed by atoms with van der Waals surface area (Å²) in [6.07, 6.45) is 0.271. The first-order chi connectivity index (χ1) is 20.1. The summed E-state index contributed by atoms with van der Waals surface area (Å²) in [6, 6.07) is 29.7. The minimum Gasteiger partial charge on any atom is -0.357 e. The second-order valence-electron chi connectivity index (χ2n) is 10.4. The molecule has 8 heteroatoms. The largest absolute Gasteiger partial charge is 0.357 e. The lowest BCUT2D eigenvalue weighted by Gasteiger charge is -2.34. The monoisotopic (exact) mass is 583 g/mol. The van der Waals surface area contributed by atoms with Crippen molar-refractivity contribution in [2.75, 3.05) is 17.9 Å². The van der Waals surface area contributed by atoms with Crippen LogP contribution in [-0.2, 0) is 32.6 Å². The third kappa shape index (κ3) is 7.06. The van der Waals surface area contributed by atoms with Crippen molar-refractivity contribution in [3.63, 3.8) is 0 Å². The predicted octanol–water partition coefficient (Wildman–Crippen LogP) is 5.19. The number of rotatable bonds is 11. The fraction of sp³-hybridized carbons (Fsp3) is 0.235. The molecule has 0 bridgehead atoms. The van der Waals surface area contributed by atoms with E-state index >= 15 is 0 Å². The van der Waals surface area contributed by atoms with Gasteiger partial charge in [-0.2, -0.15) is 0 Å². The molecule has 0 spiro atoms. The molecule has 0 aromatic heterocycles. The Morgan fingerprint density at radius 3 is 2.00 bits per heavy atom. The zero-order valence-electron chi connectivity index (χ0n) is 24.4. The van der Waals surface area contributed by atoms with Crippen LogP contribution < -0.4 is 9.62 Å². The number of hydrogen-bond donors (Lipinski definition) is 1. The number of hydrogen-bond acceptors (Lipinski definition) is 4. The number of sulfonamides is 1. The van der Waals surface area contributed by atoms with Gasteiger partial charge in [0.1, 0.15) is 12.6 Å². The van der Waals surface area contributed by atoms with Gasteiger partial charge >= 0.3 is 0 Å². The maximum atomic E-state index is 14.4. The standard InChI is InChI=1S/C34H37N3O4S/c1-25-19-20-30(21-27(25)3)37(42(40,41)31-17-9-6-10-18-31)24-33(38)36(23-29-16-12-11-13-26(29)2)32(34(39)35-4)22-28-14-7-5-8-15-28/h5-21,32H,22-24H2,1-4H3,(H,35,39). The van der Waals surface area contributed by atoms with Crippen molar-refractivity contribution in [3.05, 3.63) is 131 Å². The second kappa shape index (κ2) is 13.5. The molecule has 0 aliphatic rings. The van der Waals surface area contributed by atoms with Crippen LogP contribution in [0.2, 0.25) is 0 Å². The van der Waals surface area contributed by atoms with Crippen molar-refractivity contribution < 1.29 is 18.0 Å². The van der Waals surface area contributed by atoms with E-state index in [4.69, 9.17) is 0 Å². The highest BCUT2D eigenvalue weighted by Crippen LogP contribution is 2.27. The first kappa shape index (κ1) is 30.5. The fourth-order valence-electron chi connectivity index (χ4n) is 4.82. The van der Waals surface area contributed by atoms with Crippen molar-refractivity contribution in [3.8, 4) is 0 Å². The molecule has 7 nitrogen and oxygen atoms in total. The van der Waals surface area contributed by atoms with Gasteiger partial charge in [0.25, 0.3) is 10.0 Å². The van der Waals surface area contributed by atoms with E-state index < -0.39 is 28.5 Å². The Labute approximate surface area is 248 Å². The van der Waals surface area contributed by atoms with Crippen LogP contribution in [0.25, 0.3) is 0 Å². The Morgan fingerprint density at radius 2 is 1.38 bits per heavy atom. The number of carbonyl (C=O) groups is 2. The van der Waals surface area contributed by atoms with Crippen LogP contribution in [-0.4, -0.2) is 44.8 Å². The van der Waals surface area contributed by atoms with Crippen molar-refractivity contribution in [1.29, 1.82) is 0 Å². The zero-order valence-corrected chi connectivity index (χ0v) is 25.3. The van der Waals surface area contributed by atoms with E-state index in [1.807, 2.05) is 81.4 Å². The summed E-state index contributed by atoms with van der Waals surface area (Å²) in [5.74, 6) is -0.815. The number of carbonyl (C=O) groups excluding carboxylic acids is 2. The van der Waals surface area contributed by atoms with Crippen molar-refractivity contribution in [2.24, 2.45) is 0 Å². The molecule has 218 valence electrons. The van der Waals surface area contributed by atoms with Gasteiger partial charge in [-0.05, 0) is 72.9 Å². The summed E-state index contributed by atoms with van der Waals surface area (Å²) in [5, 5.41) is 2.71. The Bertz CT molecular complexity index is 1640. The number of aryl methyl sites for hydroxylation is 3. The van der Waals surface area contributed by atoms with Gasteiger partial charge in [0, 0.05) is 20.0 Å². The lowest BCUT2D eigenvalue weighted by molar-refractivity contribution is -0.139. The third-order valence-corrected chi connectivity index (χ3v) is 9.30. The summed E-state index contributed by atoms with van der Waals surface area (Å²) in [7, 11) is -2.58. The summed E-state index contributed by atoms with van der Waals surface area (Å²) >= 11 is 0. The first-order valence-electron chi connectivity index (χ1n) is 13.9. The lowest BCUT2D eigenvalue weighted by atomic mass is 10.0. The average Bonchev–Trinajstić information content (AvgIpc) is 3.00. The quantitative estimate of drug-likeness (QED) is 0.263. The van der Waals surface area contributed by atoms with E-state index in [9.17, 15) is 18.0 Å². The smallest absolute Gasteiger partial charge is 0.264 e. The lowest BCUT2D eigenvalue weighted by Crippen LogP contribution is -2.53. The van der Waals surface area contributed by atoms with Crippen LogP contribution in [0.4, 0.5) is 5.69 Å². The second-order valence-corrected chi connectivity index (χ2v) is 12.2. The van der Waals surface area contributed by atoms with Gasteiger partial charge in [0.2, 0.25) is 11.8 Å². The molecular weight excluding hydrogens is 546 g/mol. The molecule has 1 N–H and O–H groups in total. The summed E-state index contributed by atoms with van der Waals surface area (Å²) < 4.78 is 29.2. The molecule has 4 aromatic carbocycles. The van der Waals surface area contributed by atoms with Gasteiger partial charge in [-0.1, -0.05) is 78.9 Å². The van der Waals surface area contributed by atoms with Gasteiger partial charge in [-0.25, -0.2) is 8.42 Å².